The molecule has 0 bridgehead atoms. The highest BCUT2D eigenvalue weighted by Crippen LogP contribution is 2.27. The molecule has 0 spiro atoms. The second-order valence-electron chi connectivity index (χ2n) is 5.71. The van der Waals surface area contributed by atoms with Gasteiger partial charge in [-0.2, -0.15) is 0 Å². The smallest absolute Gasteiger partial charge is 0.223 e. The minimum absolute atomic E-state index is 0.0121. The second kappa shape index (κ2) is 4.52. The van der Waals surface area contributed by atoms with Crippen LogP contribution in [0.25, 0.3) is 0 Å². The minimum Gasteiger partial charge on any atom is -0.336 e. The molecular weight excluding hydrogens is 188 g/mol. The Hall–Kier alpha value is -0.570. The van der Waals surface area contributed by atoms with Crippen LogP contribution >= 0.6 is 0 Å². The first-order valence-electron chi connectivity index (χ1n) is 5.89. The average molecular weight is 212 g/mol. The molecule has 3 nitrogen and oxygen atoms in total. The van der Waals surface area contributed by atoms with Gasteiger partial charge < -0.3 is 10.6 Å². The number of hydrogen-bond acceptors (Lipinski definition) is 2. The Kier molecular flexibility index (Phi) is 3.77. The Labute approximate surface area is 93.0 Å². The number of nitrogens with zero attached hydrogens (tertiary/aromatic N) is 1. The van der Waals surface area contributed by atoms with Gasteiger partial charge in [-0.15, -0.1) is 0 Å². The average Bonchev–Trinajstić information content (AvgIpc) is 2.08. The third-order valence-electron chi connectivity index (χ3n) is 3.16. The molecule has 3 heteroatoms. The summed E-state index contributed by atoms with van der Waals surface area (Å²) < 4.78 is 0. The van der Waals surface area contributed by atoms with Gasteiger partial charge in [-0.3, -0.25) is 4.79 Å². The zero-order valence-corrected chi connectivity index (χ0v) is 10.4. The van der Waals surface area contributed by atoms with E-state index in [9.17, 15) is 4.79 Å². The molecule has 0 aromatic rings. The first-order chi connectivity index (χ1) is 6.83. The molecule has 1 heterocycles. The lowest BCUT2D eigenvalue weighted by molar-refractivity contribution is -0.139. The van der Waals surface area contributed by atoms with Gasteiger partial charge in [-0.05, 0) is 32.6 Å². The fourth-order valence-electron chi connectivity index (χ4n) is 2.15. The summed E-state index contributed by atoms with van der Waals surface area (Å²) in [5.74, 6) is 0.677. The van der Waals surface area contributed by atoms with E-state index in [0.29, 0.717) is 12.3 Å². The first-order valence-corrected chi connectivity index (χ1v) is 5.89. The van der Waals surface area contributed by atoms with Crippen LogP contribution < -0.4 is 5.73 Å². The van der Waals surface area contributed by atoms with Crippen molar-refractivity contribution in [3.63, 3.8) is 0 Å². The topological polar surface area (TPSA) is 46.3 Å². The summed E-state index contributed by atoms with van der Waals surface area (Å²) in [4.78, 5) is 14.0. The zero-order valence-electron chi connectivity index (χ0n) is 10.4. The lowest BCUT2D eigenvalue weighted by Gasteiger charge is -2.45. The Morgan fingerprint density at radius 1 is 1.53 bits per heavy atom. The molecule has 2 N–H and O–H groups in total. The molecule has 88 valence electrons. The molecule has 1 amide bonds. The van der Waals surface area contributed by atoms with Gasteiger partial charge in [-0.1, -0.05) is 13.8 Å². The van der Waals surface area contributed by atoms with Crippen LogP contribution in [-0.4, -0.2) is 28.9 Å². The van der Waals surface area contributed by atoms with Crippen molar-refractivity contribution >= 4 is 5.91 Å². The van der Waals surface area contributed by atoms with E-state index in [1.54, 1.807) is 0 Å². The van der Waals surface area contributed by atoms with E-state index in [1.807, 2.05) is 4.90 Å². The lowest BCUT2D eigenvalue weighted by Crippen LogP contribution is -2.56. The number of nitrogens with two attached hydrogens (primary N) is 1. The molecule has 0 radical (unpaired) electrons. The van der Waals surface area contributed by atoms with Gasteiger partial charge >= 0.3 is 0 Å². The van der Waals surface area contributed by atoms with Crippen LogP contribution in [-0.2, 0) is 4.79 Å². The largest absolute Gasteiger partial charge is 0.336 e. The van der Waals surface area contributed by atoms with Gasteiger partial charge in [0, 0.05) is 24.5 Å². The van der Waals surface area contributed by atoms with E-state index in [2.05, 4.69) is 27.7 Å². The summed E-state index contributed by atoms with van der Waals surface area (Å²) in [6.07, 6.45) is 2.67. The summed E-state index contributed by atoms with van der Waals surface area (Å²) in [6, 6.07) is 0.161. The highest BCUT2D eigenvalue weighted by Gasteiger charge is 2.35. The normalized spacial score (nSPS) is 25.7. The van der Waals surface area contributed by atoms with Gasteiger partial charge in [-0.25, -0.2) is 0 Å². The van der Waals surface area contributed by atoms with Gasteiger partial charge in [0.25, 0.3) is 0 Å². The third kappa shape index (κ3) is 3.20. The number of amides is 1. The molecule has 1 aliphatic heterocycles. The summed E-state index contributed by atoms with van der Waals surface area (Å²) in [5, 5.41) is 0. The molecule has 1 saturated heterocycles. The molecule has 1 atom stereocenters. The van der Waals surface area contributed by atoms with E-state index in [-0.39, 0.29) is 17.5 Å². The monoisotopic (exact) mass is 212 g/mol. The maximum absolute atomic E-state index is 12.0. The van der Waals surface area contributed by atoms with Crippen LogP contribution in [0.5, 0.6) is 0 Å². The van der Waals surface area contributed by atoms with E-state index >= 15 is 0 Å². The summed E-state index contributed by atoms with van der Waals surface area (Å²) in [5.41, 5.74) is 5.91. The molecule has 1 unspecified atom stereocenters. The molecule has 0 aromatic carbocycles. The van der Waals surface area contributed by atoms with Crippen LogP contribution in [0.1, 0.15) is 47.0 Å². The Morgan fingerprint density at radius 3 is 2.67 bits per heavy atom. The van der Waals surface area contributed by atoms with Crippen molar-refractivity contribution in [1.29, 1.82) is 0 Å². The van der Waals surface area contributed by atoms with Crippen molar-refractivity contribution in [2.75, 3.05) is 6.54 Å². The number of rotatable bonds is 2. The van der Waals surface area contributed by atoms with Crippen molar-refractivity contribution in [2.45, 2.75) is 58.5 Å². The van der Waals surface area contributed by atoms with Crippen LogP contribution in [0.2, 0.25) is 0 Å². The highest BCUT2D eigenvalue weighted by molar-refractivity contribution is 5.77. The van der Waals surface area contributed by atoms with Gasteiger partial charge in [0.15, 0.2) is 0 Å². The molecule has 0 aromatic heterocycles. The van der Waals surface area contributed by atoms with Crippen LogP contribution in [0.4, 0.5) is 0 Å². The molecule has 1 fully saturated rings. The summed E-state index contributed by atoms with van der Waals surface area (Å²) in [7, 11) is 0. The second-order valence-corrected chi connectivity index (χ2v) is 5.71. The number of carbonyl (C=O) groups is 1. The van der Waals surface area contributed by atoms with Gasteiger partial charge in [0.1, 0.15) is 0 Å². The van der Waals surface area contributed by atoms with Gasteiger partial charge in [0.05, 0.1) is 0 Å². The number of likely N-dealkylation sites (tertiary alicyclic amines) is 1. The first kappa shape index (κ1) is 12.5. The van der Waals surface area contributed by atoms with E-state index in [4.69, 9.17) is 5.73 Å². The maximum Gasteiger partial charge on any atom is 0.223 e. The summed E-state index contributed by atoms with van der Waals surface area (Å²) in [6.45, 7) is 9.15. The van der Waals surface area contributed by atoms with Crippen molar-refractivity contribution in [3.8, 4) is 0 Å². The van der Waals surface area contributed by atoms with E-state index < -0.39 is 0 Å². The van der Waals surface area contributed by atoms with Crippen LogP contribution in [0.15, 0.2) is 0 Å². The standard InChI is InChI=1S/C12H24N2O/c1-9(2)7-11(15)14-8-10(13)5-6-12(14,3)4/h9-10H,5-8,13H2,1-4H3. The van der Waals surface area contributed by atoms with E-state index in [0.717, 1.165) is 19.4 Å². The van der Waals surface area contributed by atoms with Crippen molar-refractivity contribution in [1.82, 2.24) is 4.90 Å². The fourth-order valence-corrected chi connectivity index (χ4v) is 2.15. The molecule has 15 heavy (non-hydrogen) atoms. The lowest BCUT2D eigenvalue weighted by atomic mass is 9.87. The predicted molar refractivity (Wildman–Crippen MR) is 62.5 cm³/mol. The molecular formula is C12H24N2O. The predicted octanol–water partition coefficient (Wildman–Crippen LogP) is 1.76. The Balaban J connectivity index is 2.67. The Morgan fingerprint density at radius 2 is 2.13 bits per heavy atom. The van der Waals surface area contributed by atoms with Crippen LogP contribution in [0.3, 0.4) is 0 Å². The SMILES string of the molecule is CC(C)CC(=O)N1CC(N)CCC1(C)C. The van der Waals surface area contributed by atoms with Crippen molar-refractivity contribution in [2.24, 2.45) is 11.7 Å². The molecule has 0 aliphatic carbocycles. The molecule has 1 rings (SSSR count). The Bertz CT molecular complexity index is 236. The maximum atomic E-state index is 12.0. The minimum atomic E-state index is -0.0121. The molecule has 1 aliphatic rings. The zero-order chi connectivity index (χ0) is 11.6. The molecule has 0 saturated carbocycles. The number of hydrogen-bond donors (Lipinski definition) is 1. The van der Waals surface area contributed by atoms with Crippen molar-refractivity contribution in [3.05, 3.63) is 0 Å². The highest BCUT2D eigenvalue weighted by atomic mass is 16.2. The number of carbonyl (C=O) groups excluding carboxylic acids is 1. The fraction of sp³-hybridized carbons (Fsp3) is 0.917. The summed E-state index contributed by atoms with van der Waals surface area (Å²) >= 11 is 0. The van der Waals surface area contributed by atoms with Gasteiger partial charge in [0.2, 0.25) is 5.91 Å². The van der Waals surface area contributed by atoms with E-state index in [1.165, 1.54) is 0 Å². The third-order valence-corrected chi connectivity index (χ3v) is 3.16. The van der Waals surface area contributed by atoms with Crippen LogP contribution in [0, 0.1) is 5.92 Å². The van der Waals surface area contributed by atoms with Crippen molar-refractivity contribution < 1.29 is 4.79 Å². The quantitative estimate of drug-likeness (QED) is 0.758. The number of piperidine rings is 1.